The van der Waals surface area contributed by atoms with Gasteiger partial charge in [-0.05, 0) is 6.42 Å². The summed E-state index contributed by atoms with van der Waals surface area (Å²) in [5.41, 5.74) is 4.18. The van der Waals surface area contributed by atoms with E-state index in [9.17, 15) is 67.0 Å². The van der Waals surface area contributed by atoms with E-state index >= 15 is 0 Å². The van der Waals surface area contributed by atoms with Crippen LogP contribution in [0.2, 0.25) is 0 Å². The van der Waals surface area contributed by atoms with Crippen LogP contribution in [0.5, 0.6) is 0 Å². The Kier molecular flexibility index (Phi) is 16.7. The third-order valence-corrected chi connectivity index (χ3v) is 12.7. The molecule has 3 heterocycles. The average molecular weight is 886 g/mol. The molecule has 0 aromatic carbocycles. The zero-order valence-corrected chi connectivity index (χ0v) is 33.6. The fraction of sp³-hybridized carbons (Fsp3) is 0.692. The molecule has 7 atom stereocenters. The Morgan fingerprint density at radius 2 is 1.70 bits per heavy atom. The number of ether oxygens (including phenoxy) is 1. The van der Waals surface area contributed by atoms with E-state index in [0.717, 1.165) is 17.2 Å². The van der Waals surface area contributed by atoms with Gasteiger partial charge in [-0.25, -0.2) is 28.6 Å². The molecule has 1 fully saturated rings. The Bertz CT molecular complexity index is 1850. The third-order valence-electron chi connectivity index (χ3n) is 7.89. The quantitative estimate of drug-likeness (QED) is 0.0686. The molecule has 26 nitrogen and oxygen atoms in total. The number of nitrogen functional groups attached to an aromatic ring is 1. The summed E-state index contributed by atoms with van der Waals surface area (Å²) in [6, 6.07) is 0. The van der Waals surface area contributed by atoms with Crippen molar-refractivity contribution in [2.45, 2.75) is 77.1 Å². The van der Waals surface area contributed by atoms with Crippen LogP contribution in [-0.4, -0.2) is 132 Å². The van der Waals surface area contributed by atoms with Gasteiger partial charge in [0.15, 0.2) is 17.7 Å². The Hall–Kier alpha value is -2.52. The Morgan fingerprint density at radius 1 is 1.04 bits per heavy atom. The van der Waals surface area contributed by atoms with Crippen molar-refractivity contribution in [2.75, 3.05) is 37.8 Å². The summed E-state index contributed by atoms with van der Waals surface area (Å²) >= 11 is 0. The SMILES string of the molecule is CCCCC(=O)S(O)(O)CCNC(=O)CCNC(=O)C(O)C(C)(C)COP(=O)(O)OP(=O)(O)OC[C@H]1O[C@@H](n2cnc3c(N)ncnc32)[C@H](O)[C@@H]1OP(=O)(O)O. The van der Waals surface area contributed by atoms with E-state index in [1.165, 1.54) is 13.8 Å². The molecule has 1 saturated heterocycles. The number of unbranched alkanes of at least 4 members (excludes halogenated alkanes) is 1. The number of aliphatic hydroxyl groups is 2. The van der Waals surface area contributed by atoms with Gasteiger partial charge < -0.3 is 50.9 Å². The van der Waals surface area contributed by atoms with Crippen LogP contribution in [0.15, 0.2) is 12.7 Å². The van der Waals surface area contributed by atoms with E-state index in [1.54, 1.807) is 0 Å². The van der Waals surface area contributed by atoms with Crippen LogP contribution in [0, 0.1) is 5.41 Å². The van der Waals surface area contributed by atoms with Crippen LogP contribution in [0.3, 0.4) is 0 Å². The number of carbonyl (C=O) groups is 3. The van der Waals surface area contributed by atoms with Gasteiger partial charge in [0.1, 0.15) is 36.3 Å². The largest absolute Gasteiger partial charge is 0.481 e. The Morgan fingerprint density at radius 3 is 2.34 bits per heavy atom. The van der Waals surface area contributed by atoms with Crippen molar-refractivity contribution in [3.05, 3.63) is 12.7 Å². The number of phosphoric ester groups is 3. The molecule has 2 amide bonds. The molecule has 56 heavy (non-hydrogen) atoms. The molecule has 0 bridgehead atoms. The molecule has 0 saturated carbocycles. The minimum absolute atomic E-state index is 0.00529. The summed E-state index contributed by atoms with van der Waals surface area (Å²) in [5, 5.41) is 25.3. The molecule has 1 aliphatic rings. The van der Waals surface area contributed by atoms with Gasteiger partial charge in [0.2, 0.25) is 16.9 Å². The van der Waals surface area contributed by atoms with Crippen molar-refractivity contribution in [1.82, 2.24) is 30.2 Å². The number of aromatic nitrogens is 4. The lowest BCUT2D eigenvalue weighted by molar-refractivity contribution is -0.137. The first-order valence-electron chi connectivity index (χ1n) is 16.5. The number of carbonyl (C=O) groups excluding carboxylic acids is 3. The number of anilines is 1. The number of aliphatic hydroxyl groups excluding tert-OH is 2. The van der Waals surface area contributed by atoms with Crippen LogP contribution in [-0.2, 0) is 50.7 Å². The van der Waals surface area contributed by atoms with E-state index in [-0.39, 0.29) is 48.7 Å². The number of fused-ring (bicyclic) bond motifs is 1. The first-order valence-corrected chi connectivity index (χ1v) is 22.7. The first kappa shape index (κ1) is 47.9. The van der Waals surface area contributed by atoms with Crippen molar-refractivity contribution < 1.29 is 89.6 Å². The Labute approximate surface area is 320 Å². The normalized spacial score (nSPS) is 22.3. The molecule has 320 valence electrons. The van der Waals surface area contributed by atoms with Gasteiger partial charge in [0.05, 0.1) is 25.3 Å². The van der Waals surface area contributed by atoms with Gasteiger partial charge in [-0.2, -0.15) is 4.31 Å². The topological polar surface area (TPSA) is 404 Å². The lowest BCUT2D eigenvalue weighted by Gasteiger charge is -2.30. The number of imidazole rings is 1. The number of nitrogens with two attached hydrogens (primary N) is 1. The van der Waals surface area contributed by atoms with Crippen LogP contribution < -0.4 is 16.4 Å². The maximum Gasteiger partial charge on any atom is 0.481 e. The second kappa shape index (κ2) is 19.5. The van der Waals surface area contributed by atoms with Crippen LogP contribution in [0.25, 0.3) is 11.2 Å². The lowest BCUT2D eigenvalue weighted by atomic mass is 9.87. The Balaban J connectivity index is 1.51. The van der Waals surface area contributed by atoms with Gasteiger partial charge in [0.25, 0.3) is 0 Å². The summed E-state index contributed by atoms with van der Waals surface area (Å²) in [6.07, 6.45) is -6.04. The molecule has 1 aliphatic heterocycles. The molecule has 0 radical (unpaired) electrons. The van der Waals surface area contributed by atoms with Crippen molar-refractivity contribution in [2.24, 2.45) is 5.41 Å². The molecule has 3 unspecified atom stereocenters. The molecule has 30 heteroatoms. The number of phosphoric acid groups is 3. The zero-order chi connectivity index (χ0) is 42.3. The van der Waals surface area contributed by atoms with Gasteiger partial charge in [0, 0.05) is 31.3 Å². The predicted octanol–water partition coefficient (Wildman–Crippen LogP) is -0.128. The predicted molar refractivity (Wildman–Crippen MR) is 192 cm³/mol. The molecular formula is C26H46N7O19P3S. The highest BCUT2D eigenvalue weighted by atomic mass is 32.3. The molecule has 2 aromatic rings. The van der Waals surface area contributed by atoms with Gasteiger partial charge >= 0.3 is 23.5 Å². The number of amides is 2. The maximum atomic E-state index is 12.7. The van der Waals surface area contributed by atoms with Gasteiger partial charge in [-0.1, -0.05) is 27.2 Å². The van der Waals surface area contributed by atoms with Crippen LogP contribution in [0.4, 0.5) is 5.82 Å². The number of rotatable bonds is 22. The summed E-state index contributed by atoms with van der Waals surface area (Å²) in [4.78, 5) is 87.4. The standard InChI is InChI=1S/C26H46N7O19P3S/c1-4-5-6-17(35)56(46,47)10-9-28-16(34)7-8-29-24(38)21(37)26(2,3)12-49-55(44,45)52-54(42,43)48-11-15-20(51-53(39,40)41)19(36)25(50-15)33-14-32-18-22(27)30-13-31-23(18)33/h13-15,19-21,25,36-37,46-47H,4-12H2,1-3H3,(H,28,34)(H,29,38)(H,42,43)(H,44,45)(H2,27,30,31)(H2,39,40,41)/t15-,19-,20-,21?,25-/m1/s1. The van der Waals surface area contributed by atoms with Crippen molar-refractivity contribution in [3.8, 4) is 0 Å². The molecule has 12 N–H and O–H groups in total. The maximum absolute atomic E-state index is 12.7. The third kappa shape index (κ3) is 13.8. The van der Waals surface area contributed by atoms with Crippen molar-refractivity contribution >= 4 is 68.0 Å². The highest BCUT2D eigenvalue weighted by Crippen LogP contribution is 2.61. The lowest BCUT2D eigenvalue weighted by Crippen LogP contribution is -2.46. The fourth-order valence-corrected chi connectivity index (χ4v) is 8.79. The van der Waals surface area contributed by atoms with Crippen molar-refractivity contribution in [1.29, 1.82) is 0 Å². The minimum atomic E-state index is -5.59. The van der Waals surface area contributed by atoms with Crippen LogP contribution in [0.1, 0.15) is 52.7 Å². The van der Waals surface area contributed by atoms with Gasteiger partial charge in [-0.3, -0.25) is 41.6 Å². The number of hydrogen-bond acceptors (Lipinski definition) is 19. The summed E-state index contributed by atoms with van der Waals surface area (Å²) in [6.45, 7) is 1.65. The monoisotopic (exact) mass is 885 g/mol. The first-order chi connectivity index (χ1) is 25.8. The molecule has 2 aromatic heterocycles. The number of nitrogens with zero attached hydrogens (tertiary/aromatic N) is 4. The average Bonchev–Trinajstić information content (AvgIpc) is 3.64. The highest BCUT2D eigenvalue weighted by Gasteiger charge is 2.50. The van der Waals surface area contributed by atoms with E-state index in [2.05, 4.69) is 34.4 Å². The zero-order valence-electron chi connectivity index (χ0n) is 30.1. The minimum Gasteiger partial charge on any atom is -0.386 e. The van der Waals surface area contributed by atoms with E-state index in [1.807, 2.05) is 6.92 Å². The summed E-state index contributed by atoms with van der Waals surface area (Å²) in [5.74, 6) is -2.11. The highest BCUT2D eigenvalue weighted by molar-refractivity contribution is 8.36. The number of nitrogens with one attached hydrogen (secondary N) is 2. The molecule has 3 rings (SSSR count). The molecular weight excluding hydrogens is 839 g/mol. The second-order valence-electron chi connectivity index (χ2n) is 12.9. The molecule has 0 spiro atoms. The van der Waals surface area contributed by atoms with E-state index < -0.39 is 100 Å². The fourth-order valence-electron chi connectivity index (χ4n) is 4.87. The van der Waals surface area contributed by atoms with E-state index in [0.29, 0.717) is 12.8 Å². The smallest absolute Gasteiger partial charge is 0.386 e. The van der Waals surface area contributed by atoms with Gasteiger partial charge in [-0.15, -0.1) is 10.6 Å². The molecule has 0 aliphatic carbocycles. The number of hydrogen-bond donors (Lipinski definition) is 11. The van der Waals surface area contributed by atoms with E-state index in [4.69, 9.17) is 19.5 Å². The summed E-state index contributed by atoms with van der Waals surface area (Å²) in [7, 11) is -20.0. The second-order valence-corrected chi connectivity index (χ2v) is 19.3. The van der Waals surface area contributed by atoms with Crippen molar-refractivity contribution in [3.63, 3.8) is 0 Å². The van der Waals surface area contributed by atoms with Crippen LogP contribution >= 0.6 is 34.1 Å². The summed E-state index contributed by atoms with van der Waals surface area (Å²) < 4.78 is 81.9.